The van der Waals surface area contributed by atoms with Gasteiger partial charge in [-0.05, 0) is 42.0 Å². The van der Waals surface area contributed by atoms with Gasteiger partial charge in [0.15, 0.2) is 5.75 Å². The van der Waals surface area contributed by atoms with Crippen LogP contribution in [0.2, 0.25) is 0 Å². The summed E-state index contributed by atoms with van der Waals surface area (Å²) in [5, 5.41) is 7.73. The van der Waals surface area contributed by atoms with Crippen LogP contribution in [0.4, 0.5) is 0 Å². The first-order chi connectivity index (χ1) is 20.2. The summed E-state index contributed by atoms with van der Waals surface area (Å²) in [6.45, 7) is 3.17. The summed E-state index contributed by atoms with van der Waals surface area (Å²) in [5.41, 5.74) is 6.79. The van der Waals surface area contributed by atoms with Crippen molar-refractivity contribution in [3.8, 4) is 17.0 Å². The van der Waals surface area contributed by atoms with Gasteiger partial charge in [0.1, 0.15) is 12.3 Å². The van der Waals surface area contributed by atoms with E-state index in [0.717, 1.165) is 41.3 Å². The van der Waals surface area contributed by atoms with E-state index >= 15 is 0 Å². The second-order valence-electron chi connectivity index (χ2n) is 10.6. The zero-order chi connectivity index (χ0) is 28.0. The van der Waals surface area contributed by atoms with Crippen LogP contribution < -0.4 is 15.4 Å². The van der Waals surface area contributed by atoms with Gasteiger partial charge in [-0.15, -0.1) is 0 Å². The molecule has 5 heteroatoms. The molecule has 41 heavy (non-hydrogen) atoms. The molecule has 0 saturated carbocycles. The Morgan fingerprint density at radius 2 is 1.49 bits per heavy atom. The lowest BCUT2D eigenvalue weighted by Crippen LogP contribution is -2.33. The van der Waals surface area contributed by atoms with Crippen molar-refractivity contribution in [1.29, 1.82) is 0 Å². The first-order valence-electron chi connectivity index (χ1n) is 14.5. The fourth-order valence-corrected chi connectivity index (χ4v) is 5.81. The van der Waals surface area contributed by atoms with E-state index in [2.05, 4.69) is 54.0 Å². The third-order valence-corrected chi connectivity index (χ3v) is 7.87. The number of carbonyl (C=O) groups excluding carboxylic acids is 1. The number of hydrogen-bond donors (Lipinski definition) is 2. The highest BCUT2D eigenvalue weighted by Gasteiger charge is 2.25. The summed E-state index contributed by atoms with van der Waals surface area (Å²) >= 11 is 0. The molecule has 1 unspecified atom stereocenters. The van der Waals surface area contributed by atoms with Gasteiger partial charge in [-0.2, -0.15) is 0 Å². The van der Waals surface area contributed by atoms with E-state index in [1.165, 1.54) is 11.1 Å². The molecule has 1 heterocycles. The molecule has 5 aromatic rings. The normalized spacial score (nSPS) is 13.6. The van der Waals surface area contributed by atoms with Crippen molar-refractivity contribution in [1.82, 2.24) is 15.6 Å². The topological polar surface area (TPSA) is 63.2 Å². The lowest BCUT2D eigenvalue weighted by molar-refractivity contribution is 0.0933. The quantitative estimate of drug-likeness (QED) is 0.189. The molecule has 6 rings (SSSR count). The van der Waals surface area contributed by atoms with Crippen molar-refractivity contribution >= 4 is 16.8 Å². The number of rotatable bonds is 10. The lowest BCUT2D eigenvalue weighted by Gasteiger charge is -2.22. The van der Waals surface area contributed by atoms with Crippen LogP contribution in [0.5, 0.6) is 5.75 Å². The minimum atomic E-state index is -0.161. The monoisotopic (exact) mass is 541 g/mol. The minimum Gasteiger partial charge on any atom is -0.489 e. The number of amides is 1. The third-order valence-electron chi connectivity index (χ3n) is 7.87. The molecule has 0 radical (unpaired) electrons. The van der Waals surface area contributed by atoms with Gasteiger partial charge in [-0.25, -0.2) is 4.98 Å². The molecule has 1 aliphatic carbocycles. The van der Waals surface area contributed by atoms with Crippen molar-refractivity contribution < 1.29 is 9.53 Å². The van der Waals surface area contributed by atoms with Crippen LogP contribution in [0.1, 0.15) is 46.4 Å². The molecular weight excluding hydrogens is 506 g/mol. The van der Waals surface area contributed by atoms with Crippen LogP contribution in [-0.2, 0) is 12.8 Å². The predicted molar refractivity (Wildman–Crippen MR) is 165 cm³/mol. The Morgan fingerprint density at radius 1 is 0.854 bits per heavy atom. The molecule has 2 N–H and O–H groups in total. The van der Waals surface area contributed by atoms with Crippen molar-refractivity contribution in [3.63, 3.8) is 0 Å². The van der Waals surface area contributed by atoms with Crippen molar-refractivity contribution in [2.75, 3.05) is 13.2 Å². The first kappa shape index (κ1) is 26.7. The summed E-state index contributed by atoms with van der Waals surface area (Å²) in [5.74, 6) is 0.359. The number of hydrogen-bond acceptors (Lipinski definition) is 4. The van der Waals surface area contributed by atoms with Gasteiger partial charge in [0, 0.05) is 23.5 Å². The SMILES string of the molecule is CCC(NC(=O)c1c(OCCNC2Cc3ccccc3C2)c(-c2ccccc2)nc2ccccc12)c1ccccc1. The van der Waals surface area contributed by atoms with Crippen LogP contribution in [-0.4, -0.2) is 30.1 Å². The van der Waals surface area contributed by atoms with E-state index in [9.17, 15) is 4.79 Å². The lowest BCUT2D eigenvalue weighted by atomic mass is 10.00. The number of carbonyl (C=O) groups is 1. The Balaban J connectivity index is 1.31. The molecule has 1 aliphatic rings. The molecule has 1 amide bonds. The van der Waals surface area contributed by atoms with Crippen LogP contribution >= 0.6 is 0 Å². The molecule has 4 aromatic carbocycles. The van der Waals surface area contributed by atoms with Gasteiger partial charge in [0.25, 0.3) is 5.91 Å². The van der Waals surface area contributed by atoms with E-state index < -0.39 is 0 Å². The van der Waals surface area contributed by atoms with Gasteiger partial charge in [0.05, 0.1) is 17.1 Å². The van der Waals surface area contributed by atoms with Gasteiger partial charge < -0.3 is 15.4 Å². The average molecular weight is 542 g/mol. The Hall–Kier alpha value is -4.48. The molecule has 1 atom stereocenters. The predicted octanol–water partition coefficient (Wildman–Crippen LogP) is 6.92. The smallest absolute Gasteiger partial charge is 0.256 e. The Labute approximate surface area is 241 Å². The van der Waals surface area contributed by atoms with E-state index in [1.807, 2.05) is 72.8 Å². The molecule has 0 bridgehead atoms. The third kappa shape index (κ3) is 5.86. The van der Waals surface area contributed by atoms with Crippen LogP contribution in [0.25, 0.3) is 22.2 Å². The molecule has 0 spiro atoms. The number of fused-ring (bicyclic) bond motifs is 2. The molecule has 0 fully saturated rings. The molecule has 0 aliphatic heterocycles. The van der Waals surface area contributed by atoms with E-state index in [1.54, 1.807) is 0 Å². The summed E-state index contributed by atoms with van der Waals surface area (Å²) < 4.78 is 6.52. The van der Waals surface area contributed by atoms with Crippen molar-refractivity contribution in [3.05, 3.63) is 131 Å². The standard InChI is InChI=1S/C36H35N3O2/c1-2-31(25-13-5-3-6-14-25)39-36(40)33-30-19-11-12-20-32(30)38-34(26-15-7-4-8-16-26)35(33)41-22-21-37-29-23-27-17-9-10-18-28(27)24-29/h3-20,29,31,37H,2,21-24H2,1H3,(H,39,40). The number of nitrogens with zero attached hydrogens (tertiary/aromatic N) is 1. The van der Waals surface area contributed by atoms with E-state index in [0.29, 0.717) is 36.2 Å². The summed E-state index contributed by atoms with van der Waals surface area (Å²) in [7, 11) is 0. The molecule has 1 aromatic heterocycles. The highest BCUT2D eigenvalue weighted by atomic mass is 16.5. The number of pyridine rings is 1. The van der Waals surface area contributed by atoms with Gasteiger partial charge in [-0.3, -0.25) is 4.79 Å². The second-order valence-corrected chi connectivity index (χ2v) is 10.6. The fraction of sp³-hybridized carbons (Fsp3) is 0.222. The van der Waals surface area contributed by atoms with E-state index in [-0.39, 0.29) is 11.9 Å². The zero-order valence-corrected chi connectivity index (χ0v) is 23.3. The second kappa shape index (κ2) is 12.4. The maximum absolute atomic E-state index is 14.1. The maximum Gasteiger partial charge on any atom is 0.256 e. The number of benzene rings is 4. The minimum absolute atomic E-state index is 0.116. The number of ether oxygens (including phenoxy) is 1. The van der Waals surface area contributed by atoms with Crippen LogP contribution in [0.15, 0.2) is 109 Å². The average Bonchev–Trinajstić information content (AvgIpc) is 3.45. The molecule has 206 valence electrons. The Morgan fingerprint density at radius 3 is 2.20 bits per heavy atom. The largest absolute Gasteiger partial charge is 0.489 e. The maximum atomic E-state index is 14.1. The Bertz CT molecular complexity index is 1610. The number of aromatic nitrogens is 1. The van der Waals surface area contributed by atoms with Crippen LogP contribution in [0.3, 0.4) is 0 Å². The summed E-state index contributed by atoms with van der Waals surface area (Å²) in [6, 6.07) is 36.8. The highest BCUT2D eigenvalue weighted by molar-refractivity contribution is 6.10. The number of nitrogens with one attached hydrogen (secondary N) is 2. The molecule has 0 saturated heterocycles. The number of para-hydroxylation sites is 1. The van der Waals surface area contributed by atoms with Gasteiger partial charge in [-0.1, -0.05) is 110 Å². The van der Waals surface area contributed by atoms with E-state index in [4.69, 9.17) is 9.72 Å². The summed E-state index contributed by atoms with van der Waals surface area (Å²) in [6.07, 6.45) is 2.82. The van der Waals surface area contributed by atoms with Crippen LogP contribution in [0, 0.1) is 0 Å². The highest BCUT2D eigenvalue weighted by Crippen LogP contribution is 2.37. The van der Waals surface area contributed by atoms with Gasteiger partial charge in [0.2, 0.25) is 0 Å². The Kier molecular flexibility index (Phi) is 8.06. The zero-order valence-electron chi connectivity index (χ0n) is 23.3. The summed E-state index contributed by atoms with van der Waals surface area (Å²) in [4.78, 5) is 19.1. The fourth-order valence-electron chi connectivity index (χ4n) is 5.81. The molecule has 5 nitrogen and oxygen atoms in total. The molecular formula is C36H35N3O2. The van der Waals surface area contributed by atoms with Crippen molar-refractivity contribution in [2.24, 2.45) is 0 Å². The first-order valence-corrected chi connectivity index (χ1v) is 14.5. The van der Waals surface area contributed by atoms with Crippen molar-refractivity contribution in [2.45, 2.75) is 38.3 Å². The van der Waals surface area contributed by atoms with Gasteiger partial charge >= 0.3 is 0 Å².